The van der Waals surface area contributed by atoms with E-state index in [0.29, 0.717) is 19.6 Å². The molecule has 86 valence electrons. The van der Waals surface area contributed by atoms with Gasteiger partial charge in [0.25, 0.3) is 0 Å². The van der Waals surface area contributed by atoms with Gasteiger partial charge in [-0.3, -0.25) is 0 Å². The third-order valence-corrected chi connectivity index (χ3v) is 2.60. The van der Waals surface area contributed by atoms with Crippen LogP contribution in [0.4, 0.5) is 0 Å². The topological polar surface area (TPSA) is 79.9 Å². The van der Waals surface area contributed by atoms with Gasteiger partial charge in [0.15, 0.2) is 0 Å². The molecular weight excluding hydrogens is 206 g/mol. The van der Waals surface area contributed by atoms with Crippen LogP contribution in [-0.4, -0.2) is 24.2 Å². The number of nitrogens with two attached hydrogens (primary N) is 1. The van der Waals surface area contributed by atoms with Crippen molar-refractivity contribution in [3.63, 3.8) is 0 Å². The van der Waals surface area contributed by atoms with Crippen LogP contribution >= 0.6 is 0 Å². The number of hydrogen-bond acceptors (Lipinski definition) is 4. The Bertz CT molecular complexity index is 393. The summed E-state index contributed by atoms with van der Waals surface area (Å²) < 4.78 is 5.52. The molecule has 0 aliphatic carbocycles. The molecule has 0 bridgehead atoms. The predicted octanol–water partition coefficient (Wildman–Crippen LogP) is 0.846. The lowest BCUT2D eigenvalue weighted by molar-refractivity contribution is 0.309. The summed E-state index contributed by atoms with van der Waals surface area (Å²) in [5, 5.41) is 14.6. The van der Waals surface area contributed by atoms with Crippen molar-refractivity contribution in [3.05, 3.63) is 29.8 Å². The fraction of sp³-hybridized carbons (Fsp3) is 0.364. The average Bonchev–Trinajstić information content (AvgIpc) is 2.73. The molecule has 4 N–H and O–H groups in total. The predicted molar refractivity (Wildman–Crippen MR) is 60.7 cm³/mol. The van der Waals surface area contributed by atoms with Gasteiger partial charge in [0.2, 0.25) is 0 Å². The summed E-state index contributed by atoms with van der Waals surface area (Å²) in [6.45, 7) is 1.30. The van der Waals surface area contributed by atoms with Crippen LogP contribution in [0.15, 0.2) is 29.4 Å². The molecule has 0 aromatic heterocycles. The minimum Gasteiger partial charge on any atom is -0.491 e. The van der Waals surface area contributed by atoms with Crippen LogP contribution in [0.5, 0.6) is 5.75 Å². The molecule has 0 fully saturated rings. The van der Waals surface area contributed by atoms with Gasteiger partial charge in [-0.1, -0.05) is 23.4 Å². The first kappa shape index (κ1) is 10.8. The van der Waals surface area contributed by atoms with E-state index in [9.17, 15) is 0 Å². The Labute approximate surface area is 93.9 Å². The highest BCUT2D eigenvalue weighted by atomic mass is 16.5. The Morgan fingerprint density at radius 3 is 3.19 bits per heavy atom. The second-order valence-corrected chi connectivity index (χ2v) is 3.70. The van der Waals surface area contributed by atoms with Crippen LogP contribution in [-0.2, 0) is 0 Å². The number of nitrogens with zero attached hydrogens (tertiary/aromatic N) is 1. The van der Waals surface area contributed by atoms with E-state index < -0.39 is 0 Å². The van der Waals surface area contributed by atoms with E-state index in [0.717, 1.165) is 5.75 Å². The van der Waals surface area contributed by atoms with Crippen molar-refractivity contribution in [2.24, 2.45) is 10.9 Å². The normalized spacial score (nSPS) is 19.2. The van der Waals surface area contributed by atoms with Gasteiger partial charge in [-0.15, -0.1) is 0 Å². The number of benzene rings is 1. The van der Waals surface area contributed by atoms with Crippen LogP contribution in [0.3, 0.4) is 0 Å². The van der Waals surface area contributed by atoms with Crippen LogP contribution in [0.2, 0.25) is 0 Å². The molecule has 0 saturated heterocycles. The van der Waals surface area contributed by atoms with Crippen LogP contribution in [0.1, 0.15) is 18.0 Å². The average molecular weight is 221 g/mol. The first-order chi connectivity index (χ1) is 7.81. The van der Waals surface area contributed by atoms with Crippen LogP contribution in [0, 0.1) is 0 Å². The zero-order valence-electron chi connectivity index (χ0n) is 8.89. The molecule has 0 amide bonds. The molecule has 16 heavy (non-hydrogen) atoms. The molecule has 1 heterocycles. The number of nitrogens with one attached hydrogen (secondary N) is 1. The standard InChI is InChI=1S/C11H15N3O2/c12-11(14-15)5-6-13-9-7-16-10-4-2-1-3-8(9)10/h1-4,9,13,15H,5-7H2,(H2,12,14). The molecule has 1 aliphatic heterocycles. The lowest BCUT2D eigenvalue weighted by Gasteiger charge is -2.10. The lowest BCUT2D eigenvalue weighted by atomic mass is 10.1. The van der Waals surface area contributed by atoms with E-state index in [1.807, 2.05) is 24.3 Å². The Balaban J connectivity index is 1.89. The summed E-state index contributed by atoms with van der Waals surface area (Å²) in [6, 6.07) is 8.15. The lowest BCUT2D eigenvalue weighted by Crippen LogP contribution is -2.27. The zero-order valence-corrected chi connectivity index (χ0v) is 8.89. The van der Waals surface area contributed by atoms with Crippen LogP contribution < -0.4 is 15.8 Å². The zero-order chi connectivity index (χ0) is 11.4. The summed E-state index contributed by atoms with van der Waals surface area (Å²) >= 11 is 0. The monoisotopic (exact) mass is 221 g/mol. The maximum atomic E-state index is 8.40. The van der Waals surface area contributed by atoms with Crippen molar-refractivity contribution in [3.8, 4) is 5.75 Å². The Kier molecular flexibility index (Phi) is 3.26. The number of hydrogen-bond donors (Lipinski definition) is 3. The molecule has 1 aromatic rings. The summed E-state index contributed by atoms with van der Waals surface area (Å²) in [4.78, 5) is 0. The van der Waals surface area contributed by atoms with E-state index >= 15 is 0 Å². The van der Waals surface area contributed by atoms with Gasteiger partial charge < -0.3 is 21.0 Å². The maximum Gasteiger partial charge on any atom is 0.140 e. The van der Waals surface area contributed by atoms with Crippen molar-refractivity contribution in [2.75, 3.05) is 13.2 Å². The second-order valence-electron chi connectivity index (χ2n) is 3.70. The molecule has 0 saturated carbocycles. The summed E-state index contributed by atoms with van der Waals surface area (Å²) in [6.07, 6.45) is 0.523. The molecule has 5 nitrogen and oxygen atoms in total. The van der Waals surface area contributed by atoms with E-state index in [4.69, 9.17) is 15.7 Å². The summed E-state index contributed by atoms with van der Waals surface area (Å²) in [5.74, 6) is 1.17. The van der Waals surface area contributed by atoms with E-state index in [1.165, 1.54) is 5.56 Å². The van der Waals surface area contributed by atoms with Gasteiger partial charge >= 0.3 is 0 Å². The Morgan fingerprint density at radius 2 is 2.38 bits per heavy atom. The van der Waals surface area contributed by atoms with Crippen molar-refractivity contribution in [1.29, 1.82) is 0 Å². The molecule has 1 aromatic carbocycles. The van der Waals surface area contributed by atoms with E-state index in [2.05, 4.69) is 10.5 Å². The highest BCUT2D eigenvalue weighted by Gasteiger charge is 2.22. The molecule has 0 radical (unpaired) electrons. The fourth-order valence-electron chi connectivity index (χ4n) is 1.76. The largest absolute Gasteiger partial charge is 0.491 e. The maximum absolute atomic E-state index is 8.40. The molecule has 1 atom stereocenters. The quantitative estimate of drug-likeness (QED) is 0.305. The van der Waals surface area contributed by atoms with Gasteiger partial charge in [-0.05, 0) is 6.07 Å². The third kappa shape index (κ3) is 2.25. The van der Waals surface area contributed by atoms with Gasteiger partial charge in [-0.25, -0.2) is 0 Å². The first-order valence-electron chi connectivity index (χ1n) is 5.23. The molecule has 0 spiro atoms. The minimum absolute atomic E-state index is 0.197. The van der Waals surface area contributed by atoms with Crippen molar-refractivity contribution in [1.82, 2.24) is 5.32 Å². The third-order valence-electron chi connectivity index (χ3n) is 2.60. The highest BCUT2D eigenvalue weighted by molar-refractivity contribution is 5.79. The number of amidine groups is 1. The molecular formula is C11H15N3O2. The summed E-state index contributed by atoms with van der Waals surface area (Å²) in [5.41, 5.74) is 6.55. The molecule has 1 unspecified atom stereocenters. The first-order valence-corrected chi connectivity index (χ1v) is 5.23. The Morgan fingerprint density at radius 1 is 1.56 bits per heavy atom. The molecule has 1 aliphatic rings. The number of fused-ring (bicyclic) bond motifs is 1. The van der Waals surface area contributed by atoms with Crippen LogP contribution in [0.25, 0.3) is 0 Å². The smallest absolute Gasteiger partial charge is 0.140 e. The van der Waals surface area contributed by atoms with Gasteiger partial charge in [0.1, 0.15) is 18.2 Å². The van der Waals surface area contributed by atoms with Crippen molar-refractivity contribution < 1.29 is 9.94 Å². The Hall–Kier alpha value is -1.75. The fourth-order valence-corrected chi connectivity index (χ4v) is 1.76. The number of oxime groups is 1. The SMILES string of the molecule is NC(CCNC1COc2ccccc21)=NO. The van der Waals surface area contributed by atoms with Gasteiger partial charge in [0.05, 0.1) is 6.04 Å². The van der Waals surface area contributed by atoms with E-state index in [-0.39, 0.29) is 11.9 Å². The number of rotatable bonds is 4. The number of para-hydroxylation sites is 1. The minimum atomic E-state index is 0.197. The van der Waals surface area contributed by atoms with Gasteiger partial charge in [0, 0.05) is 18.5 Å². The number of ether oxygens (including phenoxy) is 1. The van der Waals surface area contributed by atoms with Crippen molar-refractivity contribution >= 4 is 5.84 Å². The van der Waals surface area contributed by atoms with Gasteiger partial charge in [-0.2, -0.15) is 0 Å². The second kappa shape index (κ2) is 4.85. The molecule has 2 rings (SSSR count). The summed E-state index contributed by atoms with van der Waals surface area (Å²) in [7, 11) is 0. The highest BCUT2D eigenvalue weighted by Crippen LogP contribution is 2.31. The van der Waals surface area contributed by atoms with E-state index in [1.54, 1.807) is 0 Å². The van der Waals surface area contributed by atoms with Crippen molar-refractivity contribution in [2.45, 2.75) is 12.5 Å². The molecule has 5 heteroatoms.